The number of sulfonamides is 1. The van der Waals surface area contributed by atoms with Gasteiger partial charge in [-0.05, 0) is 24.1 Å². The third kappa shape index (κ3) is 4.44. The van der Waals surface area contributed by atoms with Crippen molar-refractivity contribution in [1.29, 1.82) is 0 Å². The minimum absolute atomic E-state index is 0.0629. The van der Waals surface area contributed by atoms with E-state index >= 15 is 0 Å². The van der Waals surface area contributed by atoms with Gasteiger partial charge in [0, 0.05) is 24.7 Å². The van der Waals surface area contributed by atoms with Gasteiger partial charge in [-0.3, -0.25) is 0 Å². The van der Waals surface area contributed by atoms with Gasteiger partial charge in [-0.25, -0.2) is 17.2 Å². The fourth-order valence-corrected chi connectivity index (χ4v) is 4.24. The summed E-state index contributed by atoms with van der Waals surface area (Å²) in [7, 11) is -2.25. The first-order chi connectivity index (χ1) is 12.4. The van der Waals surface area contributed by atoms with Crippen LogP contribution in [0.4, 0.5) is 8.78 Å². The van der Waals surface area contributed by atoms with E-state index < -0.39 is 27.4 Å². The Kier molecular flexibility index (Phi) is 5.33. The van der Waals surface area contributed by atoms with Crippen LogP contribution in [0.25, 0.3) is 0 Å². The zero-order chi connectivity index (χ0) is 18.7. The molecule has 0 amide bonds. The predicted octanol–water partition coefficient (Wildman–Crippen LogP) is 1.75. The van der Waals surface area contributed by atoms with Crippen molar-refractivity contribution in [3.63, 3.8) is 0 Å². The molecule has 1 fully saturated rings. The van der Waals surface area contributed by atoms with E-state index in [1.54, 1.807) is 12.1 Å². The van der Waals surface area contributed by atoms with E-state index in [1.165, 1.54) is 11.4 Å². The Morgan fingerprint density at radius 3 is 2.42 bits per heavy atom. The molecular weight excluding hydrogens is 368 g/mol. The molecule has 1 atom stereocenters. The normalized spacial score (nSPS) is 18.0. The van der Waals surface area contributed by atoms with E-state index in [0.717, 1.165) is 12.1 Å². The molecule has 2 heterocycles. The van der Waals surface area contributed by atoms with E-state index in [0.29, 0.717) is 18.4 Å². The Hall–Kier alpha value is -2.33. The summed E-state index contributed by atoms with van der Waals surface area (Å²) in [6, 6.07) is 5.89. The molecule has 1 aliphatic heterocycles. The number of methoxy groups -OCH3 is 1. The van der Waals surface area contributed by atoms with Crippen LogP contribution in [0.2, 0.25) is 0 Å². The average molecular weight is 385 g/mol. The highest BCUT2D eigenvalue weighted by Crippen LogP contribution is 2.22. The smallest absolute Gasteiger partial charge is 0.233 e. The van der Waals surface area contributed by atoms with Gasteiger partial charge < -0.3 is 9.47 Å². The largest absolute Gasteiger partial charge is 0.480 e. The third-order valence-electron chi connectivity index (χ3n) is 3.88. The molecule has 1 unspecified atom stereocenters. The van der Waals surface area contributed by atoms with E-state index in [4.69, 9.17) is 9.47 Å². The first-order valence-electron chi connectivity index (χ1n) is 7.83. The number of halogens is 2. The molecule has 26 heavy (non-hydrogen) atoms. The molecule has 1 saturated heterocycles. The highest BCUT2D eigenvalue weighted by molar-refractivity contribution is 7.88. The van der Waals surface area contributed by atoms with Gasteiger partial charge in [0.1, 0.15) is 17.7 Å². The summed E-state index contributed by atoms with van der Waals surface area (Å²) < 4.78 is 63.3. The van der Waals surface area contributed by atoms with Crippen LogP contribution in [-0.2, 0) is 15.8 Å². The van der Waals surface area contributed by atoms with Gasteiger partial charge in [-0.1, -0.05) is 0 Å². The van der Waals surface area contributed by atoms with Crippen molar-refractivity contribution in [2.45, 2.75) is 18.3 Å². The molecule has 1 aromatic heterocycles. The lowest BCUT2D eigenvalue weighted by Crippen LogP contribution is -2.32. The van der Waals surface area contributed by atoms with Crippen molar-refractivity contribution in [1.82, 2.24) is 14.5 Å². The topological polar surface area (TPSA) is 81.6 Å². The van der Waals surface area contributed by atoms with Crippen molar-refractivity contribution in [3.8, 4) is 11.8 Å². The second kappa shape index (κ2) is 7.50. The Labute approximate surface area is 149 Å². The van der Waals surface area contributed by atoms with E-state index in [9.17, 15) is 17.2 Å². The standard InChI is InChI=1S/C16H17F2N3O4S/c1-24-15-2-3-16(20-19-15)25-14-4-5-21(9-14)26(22,23)10-11-6-12(17)8-13(18)7-11/h2-3,6-8,14H,4-5,9-10H2,1H3. The molecule has 2 aromatic rings. The van der Waals surface area contributed by atoms with Crippen molar-refractivity contribution in [2.24, 2.45) is 0 Å². The van der Waals surface area contributed by atoms with Crippen molar-refractivity contribution in [2.75, 3.05) is 20.2 Å². The van der Waals surface area contributed by atoms with Gasteiger partial charge in [-0.15, -0.1) is 10.2 Å². The molecule has 0 radical (unpaired) electrons. The van der Waals surface area contributed by atoms with Crippen LogP contribution in [0.15, 0.2) is 30.3 Å². The molecule has 0 aliphatic carbocycles. The number of aromatic nitrogens is 2. The van der Waals surface area contributed by atoms with Crippen LogP contribution in [-0.4, -0.2) is 49.2 Å². The van der Waals surface area contributed by atoms with E-state index in [2.05, 4.69) is 10.2 Å². The van der Waals surface area contributed by atoms with Crippen LogP contribution < -0.4 is 9.47 Å². The maximum atomic E-state index is 13.2. The second-order valence-electron chi connectivity index (χ2n) is 5.83. The summed E-state index contributed by atoms with van der Waals surface area (Å²) in [5, 5.41) is 7.62. The number of ether oxygens (including phenoxy) is 2. The van der Waals surface area contributed by atoms with Crippen molar-refractivity contribution < 1.29 is 26.7 Å². The van der Waals surface area contributed by atoms with Gasteiger partial charge >= 0.3 is 0 Å². The summed E-state index contributed by atoms with van der Waals surface area (Å²) >= 11 is 0. The van der Waals surface area contributed by atoms with E-state index in [-0.39, 0.29) is 30.6 Å². The van der Waals surface area contributed by atoms with Crippen LogP contribution in [0.5, 0.6) is 11.8 Å². The zero-order valence-electron chi connectivity index (χ0n) is 13.9. The van der Waals surface area contributed by atoms with Gasteiger partial charge in [0.2, 0.25) is 21.8 Å². The molecule has 10 heteroatoms. The van der Waals surface area contributed by atoms with Gasteiger partial charge in [0.05, 0.1) is 19.4 Å². The zero-order valence-corrected chi connectivity index (χ0v) is 14.7. The molecule has 3 rings (SSSR count). The SMILES string of the molecule is COc1ccc(OC2CCN(S(=O)(=O)Cc3cc(F)cc(F)c3)C2)nn1. The number of rotatable bonds is 6. The second-order valence-corrected chi connectivity index (χ2v) is 7.80. The lowest BCUT2D eigenvalue weighted by molar-refractivity contribution is 0.203. The molecular formula is C16H17F2N3O4S. The highest BCUT2D eigenvalue weighted by Gasteiger charge is 2.33. The molecule has 0 saturated carbocycles. The molecule has 0 spiro atoms. The third-order valence-corrected chi connectivity index (χ3v) is 5.70. The minimum Gasteiger partial charge on any atom is -0.480 e. The number of hydrogen-bond acceptors (Lipinski definition) is 6. The lowest BCUT2D eigenvalue weighted by atomic mass is 10.2. The Bertz CT molecular complexity index is 857. The molecule has 0 bridgehead atoms. The Morgan fingerprint density at radius 1 is 1.15 bits per heavy atom. The van der Waals surface area contributed by atoms with Crippen LogP contribution in [0.3, 0.4) is 0 Å². The number of hydrogen-bond donors (Lipinski definition) is 0. The number of benzene rings is 1. The molecule has 1 aromatic carbocycles. The fourth-order valence-electron chi connectivity index (χ4n) is 2.69. The molecule has 0 N–H and O–H groups in total. The van der Waals surface area contributed by atoms with Crippen molar-refractivity contribution in [3.05, 3.63) is 47.5 Å². The molecule has 7 nitrogen and oxygen atoms in total. The van der Waals surface area contributed by atoms with Crippen LogP contribution in [0.1, 0.15) is 12.0 Å². The predicted molar refractivity (Wildman–Crippen MR) is 88.2 cm³/mol. The summed E-state index contributed by atoms with van der Waals surface area (Å²) in [5.74, 6) is -1.49. The Morgan fingerprint density at radius 2 is 1.81 bits per heavy atom. The quantitative estimate of drug-likeness (QED) is 0.754. The summed E-state index contributed by atoms with van der Waals surface area (Å²) in [6.07, 6.45) is 0.0986. The lowest BCUT2D eigenvalue weighted by Gasteiger charge is -2.17. The maximum absolute atomic E-state index is 13.2. The van der Waals surface area contributed by atoms with Gasteiger partial charge in [-0.2, -0.15) is 4.31 Å². The highest BCUT2D eigenvalue weighted by atomic mass is 32.2. The summed E-state index contributed by atoms with van der Waals surface area (Å²) in [5.41, 5.74) is 0.0629. The maximum Gasteiger partial charge on any atom is 0.233 e. The molecule has 1 aliphatic rings. The van der Waals surface area contributed by atoms with E-state index in [1.807, 2.05) is 0 Å². The summed E-state index contributed by atoms with van der Waals surface area (Å²) in [6.45, 7) is 0.391. The first kappa shape index (κ1) is 18.5. The van der Waals surface area contributed by atoms with Gasteiger partial charge in [0.15, 0.2) is 0 Å². The van der Waals surface area contributed by atoms with Gasteiger partial charge in [0.25, 0.3) is 0 Å². The average Bonchev–Trinajstić information content (AvgIpc) is 3.03. The monoisotopic (exact) mass is 385 g/mol. The fraction of sp³-hybridized carbons (Fsp3) is 0.375. The molecule has 140 valence electrons. The number of nitrogens with zero attached hydrogens (tertiary/aromatic N) is 3. The summed E-state index contributed by atoms with van der Waals surface area (Å²) in [4.78, 5) is 0. The first-order valence-corrected chi connectivity index (χ1v) is 9.44. The van der Waals surface area contributed by atoms with Crippen LogP contribution in [0, 0.1) is 11.6 Å². The van der Waals surface area contributed by atoms with Crippen molar-refractivity contribution >= 4 is 10.0 Å². The van der Waals surface area contributed by atoms with Crippen LogP contribution >= 0.6 is 0 Å². The Balaban J connectivity index is 1.63. The minimum atomic E-state index is -3.72.